The Bertz CT molecular complexity index is 333. The summed E-state index contributed by atoms with van der Waals surface area (Å²) in [5, 5.41) is 0. The smallest absolute Gasteiger partial charge is 0.347 e. The van der Waals surface area contributed by atoms with Crippen molar-refractivity contribution in [2.45, 2.75) is 13.3 Å². The Kier molecular flexibility index (Phi) is 3.02. The van der Waals surface area contributed by atoms with Crippen molar-refractivity contribution in [2.24, 2.45) is 11.7 Å². The maximum Gasteiger partial charge on any atom is 0.347 e. The number of nitrogens with zero attached hydrogens (tertiary/aromatic N) is 1. The second-order valence-corrected chi connectivity index (χ2v) is 3.18. The largest absolute Gasteiger partial charge is 0.383 e. The zero-order valence-corrected chi connectivity index (χ0v) is 7.58. The van der Waals surface area contributed by atoms with Crippen molar-refractivity contribution in [1.82, 2.24) is 9.97 Å². The Labute approximate surface area is 76.2 Å². The fraction of sp³-hybridized carbons (Fsp3) is 0.500. The molecule has 0 radical (unpaired) electrons. The van der Waals surface area contributed by atoms with E-state index in [0.717, 1.165) is 12.1 Å². The standard InChI is InChI=1S/C8H14N4O/c1-5(4-9)2-6-3-7(10)12-8(13)11-6/h3,5H,2,4,9H2,1H3,(H3,10,11,12,13). The average molecular weight is 182 g/mol. The molecule has 0 bridgehead atoms. The maximum absolute atomic E-state index is 10.9. The Morgan fingerprint density at radius 3 is 2.92 bits per heavy atom. The highest BCUT2D eigenvalue weighted by molar-refractivity contribution is 5.27. The van der Waals surface area contributed by atoms with E-state index in [1.165, 1.54) is 0 Å². The number of aromatic amines is 1. The van der Waals surface area contributed by atoms with Gasteiger partial charge in [0.2, 0.25) is 0 Å². The third kappa shape index (κ3) is 2.87. The molecule has 0 saturated carbocycles. The second-order valence-electron chi connectivity index (χ2n) is 3.18. The number of nitrogens with one attached hydrogen (secondary N) is 1. The monoisotopic (exact) mass is 182 g/mol. The van der Waals surface area contributed by atoms with Crippen LogP contribution < -0.4 is 17.2 Å². The zero-order chi connectivity index (χ0) is 9.84. The van der Waals surface area contributed by atoms with Crippen molar-refractivity contribution < 1.29 is 0 Å². The van der Waals surface area contributed by atoms with Crippen molar-refractivity contribution in [2.75, 3.05) is 12.3 Å². The van der Waals surface area contributed by atoms with E-state index < -0.39 is 5.69 Å². The number of nitrogens with two attached hydrogens (primary N) is 2. The first kappa shape index (κ1) is 9.73. The lowest BCUT2D eigenvalue weighted by atomic mass is 10.1. The molecule has 0 spiro atoms. The van der Waals surface area contributed by atoms with Gasteiger partial charge in [-0.05, 0) is 24.9 Å². The van der Waals surface area contributed by atoms with Crippen LogP contribution in [0.1, 0.15) is 12.6 Å². The molecular weight excluding hydrogens is 168 g/mol. The number of aromatic nitrogens is 2. The van der Waals surface area contributed by atoms with E-state index in [9.17, 15) is 4.79 Å². The molecule has 1 aromatic heterocycles. The minimum Gasteiger partial charge on any atom is -0.383 e. The quantitative estimate of drug-likeness (QED) is 0.586. The minimum absolute atomic E-state index is 0.253. The molecular formula is C8H14N4O. The summed E-state index contributed by atoms with van der Waals surface area (Å²) in [6.45, 7) is 2.60. The summed E-state index contributed by atoms with van der Waals surface area (Å²) in [6, 6.07) is 1.66. The molecule has 5 N–H and O–H groups in total. The van der Waals surface area contributed by atoms with Crippen LogP contribution in [0.4, 0.5) is 5.82 Å². The van der Waals surface area contributed by atoms with Crippen molar-refractivity contribution in [3.8, 4) is 0 Å². The minimum atomic E-state index is -0.403. The molecule has 0 aromatic carbocycles. The lowest BCUT2D eigenvalue weighted by Crippen LogP contribution is -2.19. The summed E-state index contributed by atoms with van der Waals surface area (Å²) < 4.78 is 0. The molecule has 0 aliphatic heterocycles. The molecule has 0 amide bonds. The van der Waals surface area contributed by atoms with E-state index in [1.807, 2.05) is 6.92 Å². The highest BCUT2D eigenvalue weighted by Crippen LogP contribution is 2.04. The Morgan fingerprint density at radius 1 is 1.69 bits per heavy atom. The lowest BCUT2D eigenvalue weighted by molar-refractivity contribution is 0.582. The van der Waals surface area contributed by atoms with E-state index in [1.54, 1.807) is 6.07 Å². The summed E-state index contributed by atoms with van der Waals surface area (Å²) in [4.78, 5) is 17.0. The van der Waals surface area contributed by atoms with Crippen LogP contribution in [0, 0.1) is 5.92 Å². The molecule has 1 atom stereocenters. The topological polar surface area (TPSA) is 97.8 Å². The van der Waals surface area contributed by atoms with Gasteiger partial charge in [-0.25, -0.2) is 4.79 Å². The van der Waals surface area contributed by atoms with Gasteiger partial charge >= 0.3 is 5.69 Å². The van der Waals surface area contributed by atoms with Crippen LogP contribution in [0.25, 0.3) is 0 Å². The van der Waals surface area contributed by atoms with Gasteiger partial charge in [0, 0.05) is 5.69 Å². The van der Waals surface area contributed by atoms with E-state index in [2.05, 4.69) is 9.97 Å². The van der Waals surface area contributed by atoms with Crippen molar-refractivity contribution in [1.29, 1.82) is 0 Å². The molecule has 0 aliphatic rings. The normalized spacial score (nSPS) is 12.8. The Balaban J connectivity index is 2.83. The molecule has 13 heavy (non-hydrogen) atoms. The zero-order valence-electron chi connectivity index (χ0n) is 7.58. The van der Waals surface area contributed by atoms with Crippen LogP contribution in [-0.2, 0) is 6.42 Å². The summed E-state index contributed by atoms with van der Waals surface area (Å²) in [6.07, 6.45) is 0.721. The van der Waals surface area contributed by atoms with Gasteiger partial charge in [0.05, 0.1) is 0 Å². The Morgan fingerprint density at radius 2 is 2.38 bits per heavy atom. The van der Waals surface area contributed by atoms with E-state index in [-0.39, 0.29) is 5.82 Å². The van der Waals surface area contributed by atoms with Crippen LogP contribution in [-0.4, -0.2) is 16.5 Å². The SMILES string of the molecule is CC(CN)Cc1cc(N)nc(=O)[nH]1. The van der Waals surface area contributed by atoms with Crippen molar-refractivity contribution >= 4 is 5.82 Å². The van der Waals surface area contributed by atoms with Crippen LogP contribution in [0.5, 0.6) is 0 Å². The molecule has 0 saturated heterocycles. The number of rotatable bonds is 3. The third-order valence-corrected chi connectivity index (χ3v) is 1.79. The van der Waals surface area contributed by atoms with Gasteiger partial charge in [0.15, 0.2) is 0 Å². The van der Waals surface area contributed by atoms with Gasteiger partial charge in [0.25, 0.3) is 0 Å². The van der Waals surface area contributed by atoms with Crippen LogP contribution in [0.15, 0.2) is 10.9 Å². The number of hydrogen-bond acceptors (Lipinski definition) is 4. The predicted octanol–water partition coefficient (Wildman–Crippen LogP) is -0.511. The van der Waals surface area contributed by atoms with Gasteiger partial charge in [-0.1, -0.05) is 6.92 Å². The van der Waals surface area contributed by atoms with Gasteiger partial charge < -0.3 is 16.5 Å². The molecule has 5 heteroatoms. The van der Waals surface area contributed by atoms with E-state index in [0.29, 0.717) is 12.5 Å². The summed E-state index contributed by atoms with van der Waals surface area (Å²) in [5.74, 6) is 0.584. The number of hydrogen-bond donors (Lipinski definition) is 3. The molecule has 5 nitrogen and oxygen atoms in total. The van der Waals surface area contributed by atoms with E-state index in [4.69, 9.17) is 11.5 Å². The van der Waals surface area contributed by atoms with Gasteiger partial charge in [0.1, 0.15) is 5.82 Å². The maximum atomic E-state index is 10.9. The van der Waals surface area contributed by atoms with Gasteiger partial charge in [-0.15, -0.1) is 0 Å². The number of anilines is 1. The first-order chi connectivity index (χ1) is 6.11. The molecule has 1 aromatic rings. The van der Waals surface area contributed by atoms with Gasteiger partial charge in [-0.2, -0.15) is 4.98 Å². The highest BCUT2D eigenvalue weighted by atomic mass is 16.1. The van der Waals surface area contributed by atoms with Crippen LogP contribution in [0.2, 0.25) is 0 Å². The lowest BCUT2D eigenvalue weighted by Gasteiger charge is -2.07. The second kappa shape index (κ2) is 4.04. The molecule has 0 fully saturated rings. The highest BCUT2D eigenvalue weighted by Gasteiger charge is 2.03. The first-order valence-electron chi connectivity index (χ1n) is 4.17. The van der Waals surface area contributed by atoms with Crippen LogP contribution in [0.3, 0.4) is 0 Å². The Hall–Kier alpha value is -1.36. The van der Waals surface area contributed by atoms with Crippen molar-refractivity contribution in [3.63, 3.8) is 0 Å². The summed E-state index contributed by atoms with van der Waals surface area (Å²) in [7, 11) is 0. The average Bonchev–Trinajstić information content (AvgIpc) is 2.02. The molecule has 72 valence electrons. The first-order valence-corrected chi connectivity index (χ1v) is 4.17. The summed E-state index contributed by atoms with van der Waals surface area (Å²) in [5.41, 5.74) is 11.3. The number of nitrogen functional groups attached to an aromatic ring is 1. The fourth-order valence-corrected chi connectivity index (χ4v) is 1.10. The molecule has 1 rings (SSSR count). The number of H-pyrrole nitrogens is 1. The van der Waals surface area contributed by atoms with Crippen molar-refractivity contribution in [3.05, 3.63) is 22.2 Å². The summed E-state index contributed by atoms with van der Waals surface area (Å²) >= 11 is 0. The third-order valence-electron chi connectivity index (χ3n) is 1.79. The molecule has 0 aliphatic carbocycles. The molecule has 1 unspecified atom stereocenters. The predicted molar refractivity (Wildman–Crippen MR) is 51.2 cm³/mol. The molecule has 1 heterocycles. The fourth-order valence-electron chi connectivity index (χ4n) is 1.10. The van der Waals surface area contributed by atoms with Gasteiger partial charge in [-0.3, -0.25) is 0 Å². The van der Waals surface area contributed by atoms with E-state index >= 15 is 0 Å². The van der Waals surface area contributed by atoms with Crippen LogP contribution >= 0.6 is 0 Å².